The number of nitrogen functional groups attached to an aromatic ring is 1. The Kier molecular flexibility index (Phi) is 3.94. The Bertz CT molecular complexity index is 622. The van der Waals surface area contributed by atoms with E-state index in [-0.39, 0.29) is 5.56 Å². The minimum atomic E-state index is -1.14. The maximum absolute atomic E-state index is 12.0. The van der Waals surface area contributed by atoms with Crippen LogP contribution < -0.4 is 11.3 Å². The quantitative estimate of drug-likeness (QED) is 0.843. The van der Waals surface area contributed by atoms with Crippen LogP contribution in [0.1, 0.15) is 0 Å². The maximum Gasteiger partial charge on any atom is 0.250 e. The van der Waals surface area contributed by atoms with E-state index in [0.29, 0.717) is 22.9 Å². The van der Waals surface area contributed by atoms with Crippen LogP contribution in [0.2, 0.25) is 0 Å². The number of rotatable bonds is 4. The van der Waals surface area contributed by atoms with Gasteiger partial charge in [0.05, 0.1) is 10.8 Å². The lowest BCUT2D eigenvalue weighted by atomic mass is 10.3. The van der Waals surface area contributed by atoms with Gasteiger partial charge in [0.25, 0.3) is 5.56 Å². The molecule has 2 N–H and O–H groups in total. The van der Waals surface area contributed by atoms with Crippen molar-refractivity contribution in [3.63, 3.8) is 0 Å². The molecule has 0 fully saturated rings. The highest BCUT2D eigenvalue weighted by Gasteiger charge is 2.04. The standard InChI is InChI=1S/C13H14N2O2S/c14-11-4-3-5-12(10-11)18(17)9-8-15-7-2-1-6-13(15)16/h1-7,10H,8-9,14H2. The Morgan fingerprint density at radius 1 is 1.17 bits per heavy atom. The van der Waals surface area contributed by atoms with Gasteiger partial charge in [0.15, 0.2) is 0 Å². The summed E-state index contributed by atoms with van der Waals surface area (Å²) in [6.07, 6.45) is 1.69. The van der Waals surface area contributed by atoms with Crippen LogP contribution in [0.3, 0.4) is 0 Å². The number of nitrogens with zero attached hydrogens (tertiary/aromatic N) is 1. The molecule has 4 nitrogen and oxygen atoms in total. The number of aryl methyl sites for hydroxylation is 1. The van der Waals surface area contributed by atoms with Crippen LogP contribution in [0, 0.1) is 0 Å². The Morgan fingerprint density at radius 3 is 2.72 bits per heavy atom. The Hall–Kier alpha value is -1.88. The zero-order chi connectivity index (χ0) is 13.0. The van der Waals surface area contributed by atoms with Crippen LogP contribution in [-0.4, -0.2) is 14.5 Å². The number of benzene rings is 1. The van der Waals surface area contributed by atoms with Crippen molar-refractivity contribution in [1.82, 2.24) is 4.57 Å². The minimum absolute atomic E-state index is 0.0814. The molecule has 5 heteroatoms. The zero-order valence-corrected chi connectivity index (χ0v) is 10.6. The van der Waals surface area contributed by atoms with Gasteiger partial charge in [-0.25, -0.2) is 0 Å². The highest BCUT2D eigenvalue weighted by molar-refractivity contribution is 7.85. The van der Waals surface area contributed by atoms with E-state index < -0.39 is 10.8 Å². The van der Waals surface area contributed by atoms with Gasteiger partial charge in [-0.2, -0.15) is 0 Å². The molecule has 18 heavy (non-hydrogen) atoms. The van der Waals surface area contributed by atoms with Gasteiger partial charge >= 0.3 is 0 Å². The topological polar surface area (TPSA) is 65.1 Å². The normalized spacial score (nSPS) is 12.2. The van der Waals surface area contributed by atoms with Gasteiger partial charge in [-0.15, -0.1) is 0 Å². The second-order valence-electron chi connectivity index (χ2n) is 3.85. The van der Waals surface area contributed by atoms with Gasteiger partial charge < -0.3 is 10.3 Å². The summed E-state index contributed by atoms with van der Waals surface area (Å²) in [5.74, 6) is 0.396. The lowest BCUT2D eigenvalue weighted by molar-refractivity contribution is 0.669. The fourth-order valence-electron chi connectivity index (χ4n) is 1.60. The van der Waals surface area contributed by atoms with E-state index in [1.807, 2.05) is 0 Å². The van der Waals surface area contributed by atoms with Gasteiger partial charge in [0, 0.05) is 35.1 Å². The fourth-order valence-corrected chi connectivity index (χ4v) is 2.70. The molecule has 1 heterocycles. The van der Waals surface area contributed by atoms with E-state index in [9.17, 15) is 9.00 Å². The largest absolute Gasteiger partial charge is 0.399 e. The van der Waals surface area contributed by atoms with Crippen molar-refractivity contribution in [3.8, 4) is 0 Å². The molecule has 2 rings (SSSR count). The van der Waals surface area contributed by atoms with Gasteiger partial charge in [-0.1, -0.05) is 12.1 Å². The van der Waals surface area contributed by atoms with Gasteiger partial charge in [-0.3, -0.25) is 9.00 Å². The summed E-state index contributed by atoms with van der Waals surface area (Å²) < 4.78 is 13.6. The maximum atomic E-state index is 12.0. The predicted molar refractivity (Wildman–Crippen MR) is 72.8 cm³/mol. The fraction of sp³-hybridized carbons (Fsp3) is 0.154. The van der Waals surface area contributed by atoms with E-state index in [1.165, 1.54) is 6.07 Å². The van der Waals surface area contributed by atoms with Crippen molar-refractivity contribution in [3.05, 3.63) is 59.0 Å². The third-order valence-corrected chi connectivity index (χ3v) is 3.87. The predicted octanol–water partition coefficient (Wildman–Crippen LogP) is 1.24. The average molecular weight is 262 g/mol. The molecule has 0 amide bonds. The molecular formula is C13H14N2O2S. The number of pyridine rings is 1. The van der Waals surface area contributed by atoms with Crippen molar-refractivity contribution >= 4 is 16.5 Å². The molecular weight excluding hydrogens is 248 g/mol. The van der Waals surface area contributed by atoms with Crippen molar-refractivity contribution in [2.45, 2.75) is 11.4 Å². The molecule has 0 aliphatic heterocycles. The third kappa shape index (κ3) is 3.07. The highest BCUT2D eigenvalue weighted by atomic mass is 32.2. The molecule has 1 atom stereocenters. The lowest BCUT2D eigenvalue weighted by Crippen LogP contribution is -2.20. The minimum Gasteiger partial charge on any atom is -0.399 e. The second-order valence-corrected chi connectivity index (χ2v) is 5.43. The van der Waals surface area contributed by atoms with E-state index in [1.54, 1.807) is 47.2 Å². The number of aromatic nitrogens is 1. The van der Waals surface area contributed by atoms with Crippen molar-refractivity contribution in [2.75, 3.05) is 11.5 Å². The summed E-state index contributed by atoms with van der Waals surface area (Å²) in [6.45, 7) is 0.432. The van der Waals surface area contributed by atoms with E-state index in [2.05, 4.69) is 0 Å². The van der Waals surface area contributed by atoms with Crippen LogP contribution in [0.25, 0.3) is 0 Å². The summed E-state index contributed by atoms with van der Waals surface area (Å²) in [5.41, 5.74) is 6.15. The van der Waals surface area contributed by atoms with Crippen molar-refractivity contribution in [1.29, 1.82) is 0 Å². The molecule has 94 valence electrons. The summed E-state index contributed by atoms with van der Waals surface area (Å²) >= 11 is 0. The molecule has 0 aliphatic rings. The first kappa shape index (κ1) is 12.6. The first-order chi connectivity index (χ1) is 8.66. The molecule has 0 aliphatic carbocycles. The van der Waals surface area contributed by atoms with E-state index >= 15 is 0 Å². The number of nitrogens with two attached hydrogens (primary N) is 1. The van der Waals surface area contributed by atoms with Crippen molar-refractivity contribution < 1.29 is 4.21 Å². The van der Waals surface area contributed by atoms with E-state index in [4.69, 9.17) is 5.73 Å². The molecule has 1 unspecified atom stereocenters. The zero-order valence-electron chi connectivity index (χ0n) is 9.78. The van der Waals surface area contributed by atoms with Crippen LogP contribution in [0.5, 0.6) is 0 Å². The van der Waals surface area contributed by atoms with Crippen LogP contribution in [-0.2, 0) is 17.3 Å². The SMILES string of the molecule is Nc1cccc(S(=O)CCn2ccccc2=O)c1. The molecule has 0 saturated carbocycles. The van der Waals surface area contributed by atoms with Gasteiger partial charge in [-0.05, 0) is 24.3 Å². The Labute approximate surface area is 108 Å². The summed E-state index contributed by atoms with van der Waals surface area (Å²) in [4.78, 5) is 12.2. The highest BCUT2D eigenvalue weighted by Crippen LogP contribution is 2.11. The lowest BCUT2D eigenvalue weighted by Gasteiger charge is -2.05. The first-order valence-electron chi connectivity index (χ1n) is 5.56. The van der Waals surface area contributed by atoms with Crippen molar-refractivity contribution in [2.24, 2.45) is 0 Å². The molecule has 0 radical (unpaired) electrons. The smallest absolute Gasteiger partial charge is 0.250 e. The summed E-state index contributed by atoms with van der Waals surface area (Å²) in [7, 11) is -1.14. The van der Waals surface area contributed by atoms with Gasteiger partial charge in [0.2, 0.25) is 0 Å². The molecule has 0 spiro atoms. The second kappa shape index (κ2) is 5.64. The van der Waals surface area contributed by atoms with E-state index in [0.717, 1.165) is 0 Å². The molecule has 0 saturated heterocycles. The molecule has 1 aromatic carbocycles. The van der Waals surface area contributed by atoms with Crippen LogP contribution in [0.15, 0.2) is 58.4 Å². The molecule has 0 bridgehead atoms. The Morgan fingerprint density at radius 2 is 2.00 bits per heavy atom. The first-order valence-corrected chi connectivity index (χ1v) is 6.88. The summed E-state index contributed by atoms with van der Waals surface area (Å²) in [6, 6.07) is 12.0. The number of hydrogen-bond acceptors (Lipinski definition) is 3. The van der Waals surface area contributed by atoms with Crippen LogP contribution in [0.4, 0.5) is 5.69 Å². The number of anilines is 1. The Balaban J connectivity index is 2.05. The summed E-state index contributed by atoms with van der Waals surface area (Å²) in [5, 5.41) is 0. The van der Waals surface area contributed by atoms with Crippen LogP contribution >= 0.6 is 0 Å². The van der Waals surface area contributed by atoms with Gasteiger partial charge in [0.1, 0.15) is 0 Å². The monoisotopic (exact) mass is 262 g/mol. The average Bonchev–Trinajstić information content (AvgIpc) is 2.37. The number of hydrogen-bond donors (Lipinski definition) is 1. The molecule has 2 aromatic rings. The third-order valence-electron chi connectivity index (χ3n) is 2.54. The molecule has 1 aromatic heterocycles.